The van der Waals surface area contributed by atoms with E-state index in [2.05, 4.69) is 0 Å². The van der Waals surface area contributed by atoms with Gasteiger partial charge in [-0.3, -0.25) is 14.5 Å². The van der Waals surface area contributed by atoms with Gasteiger partial charge >= 0.3 is 0 Å². The third-order valence-electron chi connectivity index (χ3n) is 1.78. The van der Waals surface area contributed by atoms with Crippen molar-refractivity contribution < 1.29 is 14.3 Å². The van der Waals surface area contributed by atoms with Crippen LogP contribution in [0.3, 0.4) is 0 Å². The summed E-state index contributed by atoms with van der Waals surface area (Å²) in [5, 5.41) is 8.74. The lowest BCUT2D eigenvalue weighted by molar-refractivity contribution is -0.163. The van der Waals surface area contributed by atoms with Gasteiger partial charge in [-0.05, 0) is 13.8 Å². The van der Waals surface area contributed by atoms with Crippen molar-refractivity contribution in [3.05, 3.63) is 0 Å². The zero-order chi connectivity index (χ0) is 10.1. The Bertz CT molecular complexity index is 274. The van der Waals surface area contributed by atoms with Crippen LogP contribution in [0, 0.1) is 11.3 Å². The topological polar surface area (TPSA) is 70.4 Å². The number of imide groups is 1. The summed E-state index contributed by atoms with van der Waals surface area (Å²) in [5.74, 6) is -0.911. The molecule has 0 aromatic heterocycles. The van der Waals surface area contributed by atoms with E-state index in [1.165, 1.54) is 13.8 Å². The number of rotatable bonds is 1. The molecule has 0 radical (unpaired) electrons. The van der Waals surface area contributed by atoms with Gasteiger partial charge in [0.15, 0.2) is 0 Å². The van der Waals surface area contributed by atoms with Crippen LogP contribution in [0.2, 0.25) is 0 Å². The van der Waals surface area contributed by atoms with Crippen LogP contribution in [-0.4, -0.2) is 35.5 Å². The molecule has 0 atom stereocenters. The fourth-order valence-electron chi connectivity index (χ4n) is 1.17. The van der Waals surface area contributed by atoms with Gasteiger partial charge in [-0.15, -0.1) is 0 Å². The molecule has 1 saturated heterocycles. The lowest BCUT2D eigenvalue weighted by atomic mass is 10.0. The number of nitrogens with zero attached hydrogens (tertiary/aromatic N) is 2. The van der Waals surface area contributed by atoms with E-state index >= 15 is 0 Å². The smallest absolute Gasteiger partial charge is 0.256 e. The van der Waals surface area contributed by atoms with Gasteiger partial charge in [0.2, 0.25) is 0 Å². The molecule has 0 bridgehead atoms. The summed E-state index contributed by atoms with van der Waals surface area (Å²) in [7, 11) is 0. The van der Waals surface area contributed by atoms with Crippen LogP contribution in [0.25, 0.3) is 0 Å². The van der Waals surface area contributed by atoms with Crippen molar-refractivity contribution in [3.8, 4) is 6.07 Å². The first-order chi connectivity index (χ1) is 5.99. The Morgan fingerprint density at radius 3 is 2.23 bits per heavy atom. The Kier molecular flexibility index (Phi) is 2.34. The first kappa shape index (κ1) is 9.68. The second-order valence-electron chi connectivity index (χ2n) is 3.29. The number of carbonyl (C=O) groups excluding carboxylic acids is 2. The highest BCUT2D eigenvalue weighted by molar-refractivity contribution is 5.99. The molecule has 2 amide bonds. The maximum atomic E-state index is 11.2. The maximum absolute atomic E-state index is 11.2. The molecule has 0 N–H and O–H groups in total. The van der Waals surface area contributed by atoms with E-state index in [9.17, 15) is 9.59 Å². The Labute approximate surface area is 75.9 Å². The predicted octanol–water partition coefficient (Wildman–Crippen LogP) is -0.326. The van der Waals surface area contributed by atoms with Crippen molar-refractivity contribution in [1.29, 1.82) is 5.26 Å². The molecule has 0 aliphatic carbocycles. The highest BCUT2D eigenvalue weighted by Gasteiger charge is 2.38. The van der Waals surface area contributed by atoms with Gasteiger partial charge in [0, 0.05) is 0 Å². The molecule has 1 aliphatic heterocycles. The van der Waals surface area contributed by atoms with Gasteiger partial charge in [-0.2, -0.15) is 5.26 Å². The average Bonchev–Trinajstić information content (AvgIpc) is 2.03. The molecule has 1 heterocycles. The second kappa shape index (κ2) is 3.15. The zero-order valence-corrected chi connectivity index (χ0v) is 7.53. The highest BCUT2D eigenvalue weighted by Crippen LogP contribution is 2.16. The number of hydrogen-bond donors (Lipinski definition) is 0. The van der Waals surface area contributed by atoms with E-state index in [0.717, 1.165) is 4.90 Å². The second-order valence-corrected chi connectivity index (χ2v) is 3.29. The van der Waals surface area contributed by atoms with Crippen molar-refractivity contribution >= 4 is 11.8 Å². The van der Waals surface area contributed by atoms with Crippen LogP contribution in [-0.2, 0) is 14.3 Å². The fourth-order valence-corrected chi connectivity index (χ4v) is 1.17. The quantitative estimate of drug-likeness (QED) is 0.521. The molecule has 1 rings (SSSR count). The van der Waals surface area contributed by atoms with E-state index in [1.54, 1.807) is 0 Å². The summed E-state index contributed by atoms with van der Waals surface area (Å²) < 4.78 is 4.71. The molecule has 5 heteroatoms. The summed E-state index contributed by atoms with van der Waals surface area (Å²) in [6.45, 7) is 2.79. The number of carbonyl (C=O) groups is 2. The zero-order valence-electron chi connectivity index (χ0n) is 7.53. The van der Waals surface area contributed by atoms with Gasteiger partial charge in [-0.25, -0.2) is 0 Å². The molecule has 13 heavy (non-hydrogen) atoms. The molecular weight excluding hydrogens is 172 g/mol. The number of morpholine rings is 1. The average molecular weight is 182 g/mol. The van der Waals surface area contributed by atoms with Crippen LogP contribution >= 0.6 is 0 Å². The lowest BCUT2D eigenvalue weighted by Gasteiger charge is -2.33. The summed E-state index contributed by atoms with van der Waals surface area (Å²) in [5.41, 5.74) is -1.09. The minimum atomic E-state index is -1.09. The summed E-state index contributed by atoms with van der Waals surface area (Å²) in [4.78, 5) is 23.4. The minimum Gasteiger partial charge on any atom is -0.362 e. The van der Waals surface area contributed by atoms with E-state index in [-0.39, 0.29) is 13.2 Å². The summed E-state index contributed by atoms with van der Waals surface area (Å²) >= 11 is 0. The minimum absolute atomic E-state index is 0.128. The van der Waals surface area contributed by atoms with Gasteiger partial charge in [0.05, 0.1) is 6.07 Å². The maximum Gasteiger partial charge on any atom is 0.256 e. The largest absolute Gasteiger partial charge is 0.362 e. The van der Waals surface area contributed by atoms with Crippen molar-refractivity contribution in [2.24, 2.45) is 0 Å². The van der Waals surface area contributed by atoms with Crippen LogP contribution in [0.4, 0.5) is 0 Å². The molecule has 0 aromatic carbocycles. The molecule has 0 spiro atoms. The van der Waals surface area contributed by atoms with Gasteiger partial charge in [0.25, 0.3) is 11.8 Å². The molecule has 5 nitrogen and oxygen atoms in total. The Morgan fingerprint density at radius 1 is 1.38 bits per heavy atom. The van der Waals surface area contributed by atoms with Crippen molar-refractivity contribution in [3.63, 3.8) is 0 Å². The first-order valence-electron chi connectivity index (χ1n) is 3.84. The standard InChI is InChI=1S/C8H10N2O3/c1-8(2,5-9)10-6(11)3-13-4-7(10)12/h3-4H2,1-2H3. The molecule has 1 fully saturated rings. The molecule has 0 unspecified atom stereocenters. The number of hydrogen-bond acceptors (Lipinski definition) is 4. The molecular formula is C8H10N2O3. The van der Waals surface area contributed by atoms with Crippen LogP contribution in [0.15, 0.2) is 0 Å². The third kappa shape index (κ3) is 1.68. The van der Waals surface area contributed by atoms with Gasteiger partial charge in [-0.1, -0.05) is 0 Å². The normalized spacial score (nSPS) is 18.7. The SMILES string of the molecule is CC(C)(C#N)N1C(=O)COCC1=O. The third-order valence-corrected chi connectivity index (χ3v) is 1.78. The Hall–Kier alpha value is -1.41. The van der Waals surface area contributed by atoms with E-state index in [4.69, 9.17) is 10.00 Å². The van der Waals surface area contributed by atoms with E-state index in [1.807, 2.05) is 6.07 Å². The number of ether oxygens (including phenoxy) is 1. The fraction of sp³-hybridized carbons (Fsp3) is 0.625. The number of amides is 2. The monoisotopic (exact) mass is 182 g/mol. The Balaban J connectivity index is 2.94. The summed E-state index contributed by atoms with van der Waals surface area (Å²) in [6.07, 6.45) is 0. The Morgan fingerprint density at radius 2 is 1.85 bits per heavy atom. The predicted molar refractivity (Wildman–Crippen MR) is 42.4 cm³/mol. The first-order valence-corrected chi connectivity index (χ1v) is 3.84. The van der Waals surface area contributed by atoms with Crippen molar-refractivity contribution in [2.75, 3.05) is 13.2 Å². The lowest BCUT2D eigenvalue weighted by Crippen LogP contribution is -2.56. The molecule has 0 aromatic rings. The van der Waals surface area contributed by atoms with Gasteiger partial charge in [0.1, 0.15) is 18.8 Å². The number of nitriles is 1. The van der Waals surface area contributed by atoms with Gasteiger partial charge < -0.3 is 4.74 Å². The summed E-state index contributed by atoms with van der Waals surface area (Å²) in [6, 6.07) is 1.90. The van der Waals surface area contributed by atoms with Crippen molar-refractivity contribution in [2.45, 2.75) is 19.4 Å². The molecule has 0 saturated carbocycles. The molecule has 1 aliphatic rings. The van der Waals surface area contributed by atoms with E-state index < -0.39 is 17.4 Å². The van der Waals surface area contributed by atoms with Crippen LogP contribution < -0.4 is 0 Å². The van der Waals surface area contributed by atoms with Crippen LogP contribution in [0.5, 0.6) is 0 Å². The molecule has 70 valence electrons. The van der Waals surface area contributed by atoms with E-state index in [0.29, 0.717) is 0 Å². The highest BCUT2D eigenvalue weighted by atomic mass is 16.5. The van der Waals surface area contributed by atoms with Crippen molar-refractivity contribution in [1.82, 2.24) is 4.90 Å². The van der Waals surface area contributed by atoms with Crippen LogP contribution in [0.1, 0.15) is 13.8 Å².